The van der Waals surface area contributed by atoms with E-state index < -0.39 is 0 Å². The van der Waals surface area contributed by atoms with Gasteiger partial charge in [-0.25, -0.2) is 0 Å². The van der Waals surface area contributed by atoms with Crippen LogP contribution >= 0.6 is 0 Å². The Kier molecular flexibility index (Phi) is 4.50. The molecule has 0 aliphatic rings. The number of hydrogen-bond acceptors (Lipinski definition) is 2. The zero-order valence-electron chi connectivity index (χ0n) is 9.62. The number of methoxy groups -OCH3 is 1. The topological polar surface area (TPSA) is 26.3 Å². The Morgan fingerprint density at radius 3 is 2.67 bits per heavy atom. The molecule has 1 atom stereocenters. The van der Waals surface area contributed by atoms with Gasteiger partial charge in [0, 0.05) is 20.0 Å². The molecule has 1 aromatic rings. The quantitative estimate of drug-likeness (QED) is 0.740. The Morgan fingerprint density at radius 2 is 2.07 bits per heavy atom. The van der Waals surface area contributed by atoms with E-state index in [9.17, 15) is 4.79 Å². The van der Waals surface area contributed by atoms with Crippen LogP contribution in [0.1, 0.15) is 24.5 Å². The molecule has 0 N–H and O–H groups in total. The van der Waals surface area contributed by atoms with Crippen molar-refractivity contribution in [3.63, 3.8) is 0 Å². The second kappa shape index (κ2) is 5.66. The SMILES string of the molecule is COC(C)CC(=O)Cc1ccccc1C. The molecule has 0 spiro atoms. The lowest BCUT2D eigenvalue weighted by Gasteiger charge is -2.09. The lowest BCUT2D eigenvalue weighted by atomic mass is 10.0. The minimum Gasteiger partial charge on any atom is -0.381 e. The summed E-state index contributed by atoms with van der Waals surface area (Å²) >= 11 is 0. The Labute approximate surface area is 91.3 Å². The van der Waals surface area contributed by atoms with E-state index in [1.54, 1.807) is 7.11 Å². The number of Topliss-reactive ketones (excluding diaryl/α,β-unsaturated/α-hetero) is 1. The van der Waals surface area contributed by atoms with E-state index in [1.807, 2.05) is 38.1 Å². The van der Waals surface area contributed by atoms with Gasteiger partial charge in [0.25, 0.3) is 0 Å². The van der Waals surface area contributed by atoms with Crippen LogP contribution in [0.3, 0.4) is 0 Å². The Balaban J connectivity index is 2.55. The Morgan fingerprint density at radius 1 is 1.40 bits per heavy atom. The Hall–Kier alpha value is -1.15. The highest BCUT2D eigenvalue weighted by atomic mass is 16.5. The minimum atomic E-state index is 0.0153. The average molecular weight is 206 g/mol. The molecule has 0 bridgehead atoms. The monoisotopic (exact) mass is 206 g/mol. The van der Waals surface area contributed by atoms with Crippen molar-refractivity contribution in [2.75, 3.05) is 7.11 Å². The van der Waals surface area contributed by atoms with Crippen LogP contribution in [0.4, 0.5) is 0 Å². The van der Waals surface area contributed by atoms with Crippen LogP contribution < -0.4 is 0 Å². The van der Waals surface area contributed by atoms with Gasteiger partial charge in [-0.1, -0.05) is 24.3 Å². The van der Waals surface area contributed by atoms with Crippen LogP contribution in [0.2, 0.25) is 0 Å². The van der Waals surface area contributed by atoms with E-state index in [-0.39, 0.29) is 11.9 Å². The molecule has 0 fully saturated rings. The fourth-order valence-electron chi connectivity index (χ4n) is 1.50. The second-order valence-corrected chi connectivity index (χ2v) is 3.89. The average Bonchev–Trinajstić information content (AvgIpc) is 2.21. The lowest BCUT2D eigenvalue weighted by Crippen LogP contribution is -2.14. The number of carbonyl (C=O) groups is 1. The van der Waals surface area contributed by atoms with Gasteiger partial charge in [0.2, 0.25) is 0 Å². The zero-order chi connectivity index (χ0) is 11.3. The number of aryl methyl sites for hydroxylation is 1. The standard InChI is InChI=1S/C13H18O2/c1-10-6-4-5-7-12(10)9-13(14)8-11(2)15-3/h4-7,11H,8-9H2,1-3H3. The molecule has 0 aliphatic heterocycles. The van der Waals surface area contributed by atoms with Crippen molar-refractivity contribution in [2.24, 2.45) is 0 Å². The van der Waals surface area contributed by atoms with Gasteiger partial charge in [-0.2, -0.15) is 0 Å². The van der Waals surface area contributed by atoms with Gasteiger partial charge in [0.15, 0.2) is 0 Å². The van der Waals surface area contributed by atoms with Crippen LogP contribution in [0.25, 0.3) is 0 Å². The van der Waals surface area contributed by atoms with Crippen LogP contribution in [0, 0.1) is 6.92 Å². The molecule has 0 saturated carbocycles. The van der Waals surface area contributed by atoms with E-state index >= 15 is 0 Å². The summed E-state index contributed by atoms with van der Waals surface area (Å²) in [6.45, 7) is 3.94. The van der Waals surface area contributed by atoms with Crippen molar-refractivity contribution < 1.29 is 9.53 Å². The highest BCUT2D eigenvalue weighted by molar-refractivity contribution is 5.81. The summed E-state index contributed by atoms with van der Waals surface area (Å²) in [5.41, 5.74) is 2.29. The molecule has 15 heavy (non-hydrogen) atoms. The molecule has 0 radical (unpaired) electrons. The molecular formula is C13H18O2. The molecular weight excluding hydrogens is 188 g/mol. The van der Waals surface area contributed by atoms with Gasteiger partial charge in [0.1, 0.15) is 5.78 Å². The Bertz CT molecular complexity index is 331. The molecule has 1 aromatic carbocycles. The largest absolute Gasteiger partial charge is 0.381 e. The van der Waals surface area contributed by atoms with Gasteiger partial charge >= 0.3 is 0 Å². The highest BCUT2D eigenvalue weighted by Crippen LogP contribution is 2.10. The molecule has 2 nitrogen and oxygen atoms in total. The van der Waals surface area contributed by atoms with Gasteiger partial charge in [-0.3, -0.25) is 4.79 Å². The maximum absolute atomic E-state index is 11.7. The molecule has 0 aromatic heterocycles. The van der Waals surface area contributed by atoms with Crippen LogP contribution in [0.15, 0.2) is 24.3 Å². The number of hydrogen-bond donors (Lipinski definition) is 0. The van der Waals surface area contributed by atoms with E-state index in [0.29, 0.717) is 12.8 Å². The van der Waals surface area contributed by atoms with E-state index in [0.717, 1.165) is 5.56 Å². The zero-order valence-corrected chi connectivity index (χ0v) is 9.62. The van der Waals surface area contributed by atoms with Gasteiger partial charge in [-0.05, 0) is 25.0 Å². The first-order chi connectivity index (χ1) is 7.13. The fraction of sp³-hybridized carbons (Fsp3) is 0.462. The summed E-state index contributed by atoms with van der Waals surface area (Å²) in [5.74, 6) is 0.235. The maximum Gasteiger partial charge on any atom is 0.139 e. The van der Waals surface area contributed by atoms with E-state index in [1.165, 1.54) is 5.56 Å². The molecule has 2 heteroatoms. The predicted octanol–water partition coefficient (Wildman–Crippen LogP) is 2.53. The van der Waals surface area contributed by atoms with Crippen molar-refractivity contribution >= 4 is 5.78 Å². The molecule has 0 amide bonds. The summed E-state index contributed by atoms with van der Waals surface area (Å²) < 4.78 is 5.07. The van der Waals surface area contributed by atoms with Gasteiger partial charge in [0.05, 0.1) is 6.10 Å². The number of ketones is 1. The highest BCUT2D eigenvalue weighted by Gasteiger charge is 2.09. The number of carbonyl (C=O) groups excluding carboxylic acids is 1. The fourth-order valence-corrected chi connectivity index (χ4v) is 1.50. The third-order valence-corrected chi connectivity index (χ3v) is 2.57. The third kappa shape index (κ3) is 3.84. The van der Waals surface area contributed by atoms with Crippen LogP contribution in [0.5, 0.6) is 0 Å². The molecule has 0 aliphatic carbocycles. The first-order valence-corrected chi connectivity index (χ1v) is 5.22. The van der Waals surface area contributed by atoms with Crippen molar-refractivity contribution in [3.05, 3.63) is 35.4 Å². The molecule has 0 saturated heterocycles. The summed E-state index contributed by atoms with van der Waals surface area (Å²) in [6, 6.07) is 7.99. The summed E-state index contributed by atoms with van der Waals surface area (Å²) in [7, 11) is 1.63. The van der Waals surface area contributed by atoms with Crippen LogP contribution in [-0.2, 0) is 16.0 Å². The first-order valence-electron chi connectivity index (χ1n) is 5.22. The third-order valence-electron chi connectivity index (χ3n) is 2.57. The van der Waals surface area contributed by atoms with Crippen molar-refractivity contribution in [1.82, 2.24) is 0 Å². The summed E-state index contributed by atoms with van der Waals surface area (Å²) in [5, 5.41) is 0. The lowest BCUT2D eigenvalue weighted by molar-refractivity contribution is -0.120. The number of ether oxygens (including phenoxy) is 1. The first kappa shape index (κ1) is 11.9. The molecule has 0 heterocycles. The summed E-state index contributed by atoms with van der Waals surface area (Å²) in [6.07, 6.45) is 1.02. The van der Waals surface area contributed by atoms with Gasteiger partial charge in [-0.15, -0.1) is 0 Å². The minimum absolute atomic E-state index is 0.0153. The number of rotatable bonds is 5. The molecule has 1 rings (SSSR count). The van der Waals surface area contributed by atoms with E-state index in [2.05, 4.69) is 0 Å². The molecule has 1 unspecified atom stereocenters. The number of benzene rings is 1. The normalized spacial score (nSPS) is 12.5. The summed E-state index contributed by atoms with van der Waals surface area (Å²) in [4.78, 5) is 11.7. The van der Waals surface area contributed by atoms with Crippen LogP contribution in [-0.4, -0.2) is 19.0 Å². The van der Waals surface area contributed by atoms with Crippen molar-refractivity contribution in [3.8, 4) is 0 Å². The maximum atomic E-state index is 11.7. The van der Waals surface area contributed by atoms with Crippen molar-refractivity contribution in [1.29, 1.82) is 0 Å². The van der Waals surface area contributed by atoms with Crippen molar-refractivity contribution in [2.45, 2.75) is 32.8 Å². The smallest absolute Gasteiger partial charge is 0.139 e. The van der Waals surface area contributed by atoms with Gasteiger partial charge < -0.3 is 4.74 Å². The second-order valence-electron chi connectivity index (χ2n) is 3.89. The predicted molar refractivity (Wildman–Crippen MR) is 61.0 cm³/mol. The van der Waals surface area contributed by atoms with E-state index in [4.69, 9.17) is 4.74 Å². The molecule has 82 valence electrons.